The lowest BCUT2D eigenvalue weighted by atomic mass is 10.3. The zero-order valence-electron chi connectivity index (χ0n) is 14.6. The van der Waals surface area contributed by atoms with Gasteiger partial charge in [0.25, 0.3) is 5.56 Å². The van der Waals surface area contributed by atoms with Crippen LogP contribution in [0.2, 0.25) is 0 Å². The number of furan rings is 1. The lowest BCUT2D eigenvalue weighted by Crippen LogP contribution is -2.22. The summed E-state index contributed by atoms with van der Waals surface area (Å²) < 4.78 is 8.03. The molecule has 1 amide bonds. The summed E-state index contributed by atoms with van der Waals surface area (Å²) in [6, 6.07) is 11.6. The average molecular weight is 368 g/mol. The van der Waals surface area contributed by atoms with Gasteiger partial charge in [-0.25, -0.2) is 4.68 Å². The molecule has 1 aromatic carbocycles. The summed E-state index contributed by atoms with van der Waals surface area (Å²) >= 11 is 0. The second kappa shape index (κ2) is 7.16. The number of carbonyl (C=O) groups excluding carboxylic acids is 1. The van der Waals surface area contributed by atoms with Gasteiger partial charge in [0.2, 0.25) is 5.91 Å². The van der Waals surface area contributed by atoms with Gasteiger partial charge < -0.3 is 9.73 Å². The molecule has 0 fully saturated rings. The smallest absolute Gasteiger partial charge is 0.401 e. The highest BCUT2D eigenvalue weighted by atomic mass is 16.6. The van der Waals surface area contributed by atoms with Crippen molar-refractivity contribution in [1.29, 1.82) is 0 Å². The number of carbonyl (C=O) groups is 1. The number of nitrogens with zero attached hydrogens (tertiary/aromatic N) is 3. The van der Waals surface area contributed by atoms with E-state index in [4.69, 9.17) is 4.42 Å². The van der Waals surface area contributed by atoms with Crippen molar-refractivity contribution in [3.05, 3.63) is 80.5 Å². The van der Waals surface area contributed by atoms with Gasteiger partial charge >= 0.3 is 5.88 Å². The highest BCUT2D eigenvalue weighted by Crippen LogP contribution is 2.17. The number of anilines is 1. The van der Waals surface area contributed by atoms with Crippen molar-refractivity contribution in [2.45, 2.75) is 6.92 Å². The Morgan fingerprint density at radius 3 is 2.56 bits per heavy atom. The van der Waals surface area contributed by atoms with Gasteiger partial charge in [-0.3, -0.25) is 24.4 Å². The number of nitrogens with one attached hydrogen (secondary N) is 1. The third kappa shape index (κ3) is 3.56. The monoisotopic (exact) mass is 368 g/mol. The number of rotatable bonds is 5. The highest BCUT2D eigenvalue weighted by Gasteiger charge is 2.17. The molecule has 3 rings (SSSR count). The Balaban J connectivity index is 1.83. The zero-order chi connectivity index (χ0) is 19.6. The van der Waals surface area contributed by atoms with Crippen molar-refractivity contribution in [3.8, 4) is 5.69 Å². The molecule has 2 aromatic heterocycles. The lowest BCUT2D eigenvalue weighted by Gasteiger charge is -2.07. The minimum atomic E-state index is -0.670. The Labute approximate surface area is 153 Å². The maximum absolute atomic E-state index is 12.7. The van der Waals surface area contributed by atoms with Crippen molar-refractivity contribution in [1.82, 2.24) is 9.36 Å². The Bertz CT molecular complexity index is 1090. The van der Waals surface area contributed by atoms with Crippen LogP contribution in [0.3, 0.4) is 0 Å². The molecule has 27 heavy (non-hydrogen) atoms. The van der Waals surface area contributed by atoms with Gasteiger partial charge in [-0.15, -0.1) is 0 Å². The summed E-state index contributed by atoms with van der Waals surface area (Å²) in [6.45, 7) is 1.72. The Morgan fingerprint density at radius 2 is 1.93 bits per heavy atom. The van der Waals surface area contributed by atoms with Crippen LogP contribution in [-0.2, 0) is 11.8 Å². The minimum Gasteiger partial charge on any atom is -0.401 e. The van der Waals surface area contributed by atoms with E-state index in [0.29, 0.717) is 11.4 Å². The molecule has 2 heterocycles. The number of hydrogen-bond donors (Lipinski definition) is 1. The van der Waals surface area contributed by atoms with E-state index in [9.17, 15) is 19.7 Å². The first-order valence-electron chi connectivity index (χ1n) is 7.96. The molecule has 3 aromatic rings. The number of benzene rings is 1. The summed E-state index contributed by atoms with van der Waals surface area (Å²) in [7, 11) is 1.72. The van der Waals surface area contributed by atoms with Crippen molar-refractivity contribution < 1.29 is 14.1 Å². The summed E-state index contributed by atoms with van der Waals surface area (Å²) in [4.78, 5) is 34.8. The van der Waals surface area contributed by atoms with Gasteiger partial charge in [0.15, 0.2) is 0 Å². The summed E-state index contributed by atoms with van der Waals surface area (Å²) in [5, 5.41) is 13.1. The number of aromatic nitrogens is 2. The minimum absolute atomic E-state index is 0.154. The molecule has 0 saturated carbocycles. The zero-order valence-corrected chi connectivity index (χ0v) is 14.6. The van der Waals surface area contributed by atoms with Crippen LogP contribution in [0, 0.1) is 17.0 Å². The van der Waals surface area contributed by atoms with E-state index in [1.54, 1.807) is 30.8 Å². The molecular weight excluding hydrogens is 352 g/mol. The van der Waals surface area contributed by atoms with E-state index >= 15 is 0 Å². The van der Waals surface area contributed by atoms with E-state index in [1.165, 1.54) is 22.9 Å². The molecule has 0 spiro atoms. The van der Waals surface area contributed by atoms with Crippen molar-refractivity contribution in [3.63, 3.8) is 0 Å². The van der Waals surface area contributed by atoms with Gasteiger partial charge in [0.05, 0.1) is 17.4 Å². The molecule has 9 heteroatoms. The summed E-state index contributed by atoms with van der Waals surface area (Å²) in [5.74, 6) is -0.817. The van der Waals surface area contributed by atoms with E-state index in [1.807, 2.05) is 18.2 Å². The first-order chi connectivity index (χ1) is 12.9. The second-order valence-electron chi connectivity index (χ2n) is 5.69. The first kappa shape index (κ1) is 17.9. The molecular formula is C18H16N4O5. The van der Waals surface area contributed by atoms with Crippen LogP contribution in [0.4, 0.5) is 11.6 Å². The van der Waals surface area contributed by atoms with Crippen LogP contribution >= 0.6 is 0 Å². The van der Waals surface area contributed by atoms with Crippen LogP contribution in [-0.4, -0.2) is 20.2 Å². The van der Waals surface area contributed by atoms with E-state index in [-0.39, 0.29) is 17.0 Å². The molecule has 0 saturated heterocycles. The first-order valence-corrected chi connectivity index (χ1v) is 7.96. The Morgan fingerprint density at radius 1 is 1.22 bits per heavy atom. The molecule has 1 N–H and O–H groups in total. The topological polar surface area (TPSA) is 112 Å². The van der Waals surface area contributed by atoms with Crippen molar-refractivity contribution in [2.24, 2.45) is 7.05 Å². The fourth-order valence-corrected chi connectivity index (χ4v) is 2.56. The predicted octanol–water partition coefficient (Wildman–Crippen LogP) is 2.64. The van der Waals surface area contributed by atoms with Crippen LogP contribution in [0.5, 0.6) is 0 Å². The van der Waals surface area contributed by atoms with Crippen LogP contribution in [0.1, 0.15) is 11.5 Å². The van der Waals surface area contributed by atoms with Gasteiger partial charge in [0.1, 0.15) is 16.4 Å². The highest BCUT2D eigenvalue weighted by molar-refractivity contribution is 6.02. The third-order valence-electron chi connectivity index (χ3n) is 3.99. The maximum atomic E-state index is 12.7. The fraction of sp³-hybridized carbons (Fsp3) is 0.111. The Hall–Kier alpha value is -3.88. The normalized spacial score (nSPS) is 11.0. The molecule has 0 aliphatic heterocycles. The van der Waals surface area contributed by atoms with Crippen LogP contribution in [0.25, 0.3) is 11.8 Å². The third-order valence-corrected chi connectivity index (χ3v) is 3.99. The number of amides is 1. The fourth-order valence-electron chi connectivity index (χ4n) is 2.56. The van der Waals surface area contributed by atoms with E-state index in [0.717, 1.165) is 6.08 Å². The van der Waals surface area contributed by atoms with Crippen LogP contribution < -0.4 is 10.9 Å². The second-order valence-corrected chi connectivity index (χ2v) is 5.69. The van der Waals surface area contributed by atoms with Gasteiger partial charge in [-0.1, -0.05) is 18.2 Å². The summed E-state index contributed by atoms with van der Waals surface area (Å²) in [6.07, 6.45) is 2.43. The molecule has 0 aliphatic carbocycles. The van der Waals surface area contributed by atoms with E-state index in [2.05, 4.69) is 5.32 Å². The van der Waals surface area contributed by atoms with Crippen LogP contribution in [0.15, 0.2) is 57.8 Å². The van der Waals surface area contributed by atoms with Gasteiger partial charge in [-0.2, -0.15) is 0 Å². The Kier molecular flexibility index (Phi) is 4.75. The number of hydrogen-bond acceptors (Lipinski definition) is 5. The van der Waals surface area contributed by atoms with Gasteiger partial charge in [-0.05, 0) is 31.2 Å². The molecule has 0 aliphatic rings. The van der Waals surface area contributed by atoms with Gasteiger partial charge in [0, 0.05) is 13.1 Å². The number of nitro groups is 1. The van der Waals surface area contributed by atoms with Crippen molar-refractivity contribution in [2.75, 3.05) is 5.32 Å². The molecule has 0 bridgehead atoms. The van der Waals surface area contributed by atoms with Crippen molar-refractivity contribution >= 4 is 23.6 Å². The quantitative estimate of drug-likeness (QED) is 0.423. The lowest BCUT2D eigenvalue weighted by molar-refractivity contribution is -0.402. The number of para-hydroxylation sites is 1. The molecule has 0 atom stereocenters. The van der Waals surface area contributed by atoms with E-state index < -0.39 is 16.7 Å². The molecule has 9 nitrogen and oxygen atoms in total. The average Bonchev–Trinajstić information content (AvgIpc) is 3.21. The predicted molar refractivity (Wildman–Crippen MR) is 98.8 cm³/mol. The SMILES string of the molecule is Cc1c(NC(=O)C=Cc2ccc([N+](=O)[O-])o2)c(=O)n(-c2ccccc2)n1C. The molecule has 0 unspecified atom stereocenters. The molecule has 0 radical (unpaired) electrons. The molecule has 138 valence electrons. The summed E-state index contributed by atoms with van der Waals surface area (Å²) in [5.41, 5.74) is 1.05. The standard InChI is InChI=1S/C18H16N4O5/c1-12-17(18(24)21(20(12)2)13-6-4-3-5-7-13)19-15(23)10-8-14-9-11-16(27-14)22(25)26/h3-11H,1-2H3,(H,19,23). The largest absolute Gasteiger partial charge is 0.433 e. The maximum Gasteiger partial charge on any atom is 0.433 e.